The molecule has 2 heterocycles. The van der Waals surface area contributed by atoms with Gasteiger partial charge in [0.05, 0.1) is 27.8 Å². The van der Waals surface area contributed by atoms with Crippen molar-refractivity contribution in [3.8, 4) is 44.8 Å². The number of nitrogens with zero attached hydrogens (tertiary/aromatic N) is 2. The number of aromatic nitrogens is 2. The van der Waals surface area contributed by atoms with Crippen molar-refractivity contribution in [3.63, 3.8) is 0 Å². The van der Waals surface area contributed by atoms with Crippen LogP contribution >= 0.6 is 12.6 Å². The highest BCUT2D eigenvalue weighted by atomic mass is 32.1. The van der Waals surface area contributed by atoms with Crippen molar-refractivity contribution in [3.05, 3.63) is 200 Å². The second-order valence-electron chi connectivity index (χ2n) is 14.3. The van der Waals surface area contributed by atoms with Crippen LogP contribution in [0.3, 0.4) is 0 Å². The average molecular weight is 719 g/mol. The maximum atomic E-state index is 4.97. The Morgan fingerprint density at radius 3 is 1.49 bits per heavy atom. The van der Waals surface area contributed by atoms with E-state index >= 15 is 0 Å². The van der Waals surface area contributed by atoms with E-state index in [-0.39, 0.29) is 0 Å². The van der Waals surface area contributed by atoms with Crippen molar-refractivity contribution in [2.75, 3.05) is 0 Å². The van der Waals surface area contributed by atoms with Crippen LogP contribution in [-0.4, -0.2) is 9.13 Å². The van der Waals surface area contributed by atoms with E-state index in [1.807, 2.05) is 6.07 Å². The number of fused-ring (bicyclic) bond motifs is 7. The van der Waals surface area contributed by atoms with E-state index in [1.165, 1.54) is 76.8 Å². The van der Waals surface area contributed by atoms with Gasteiger partial charge in [-0.3, -0.25) is 0 Å². The molecule has 11 aromatic rings. The van der Waals surface area contributed by atoms with Gasteiger partial charge in [0.1, 0.15) is 0 Å². The van der Waals surface area contributed by atoms with Gasteiger partial charge in [0, 0.05) is 37.5 Å². The molecule has 0 fully saturated rings. The molecule has 0 aliphatic rings. The van der Waals surface area contributed by atoms with Gasteiger partial charge in [-0.25, -0.2) is 0 Å². The summed E-state index contributed by atoms with van der Waals surface area (Å²) in [6.07, 6.45) is 0. The molecule has 0 unspecified atom stereocenters. The summed E-state index contributed by atoms with van der Waals surface area (Å²) in [5, 5.41) is 7.40. The van der Waals surface area contributed by atoms with Gasteiger partial charge in [-0.1, -0.05) is 133 Å². The van der Waals surface area contributed by atoms with Crippen molar-refractivity contribution in [2.45, 2.75) is 4.90 Å². The van der Waals surface area contributed by atoms with Gasteiger partial charge in [-0.2, -0.15) is 0 Å². The zero-order chi connectivity index (χ0) is 36.5. The van der Waals surface area contributed by atoms with Crippen molar-refractivity contribution < 1.29 is 0 Å². The molecule has 11 rings (SSSR count). The Hall–Kier alpha value is -6.81. The normalized spacial score (nSPS) is 11.7. The van der Waals surface area contributed by atoms with Crippen LogP contribution in [0, 0.1) is 0 Å². The summed E-state index contributed by atoms with van der Waals surface area (Å²) in [6, 6.07) is 72.6. The molecule has 0 bridgehead atoms. The van der Waals surface area contributed by atoms with E-state index in [4.69, 9.17) is 12.6 Å². The highest BCUT2D eigenvalue weighted by molar-refractivity contribution is 7.80. The van der Waals surface area contributed by atoms with Crippen molar-refractivity contribution in [1.82, 2.24) is 9.13 Å². The second kappa shape index (κ2) is 12.7. The SMILES string of the molecule is Sc1cc(-c2cc(-n3c4ccccc4c4cc(-c5ccc6c(c5)c5ccccc5n6-c5ccccc5)ccc43)c3ccccc3c2)ccc1-c1ccccc1. The molecule has 9 aromatic carbocycles. The summed E-state index contributed by atoms with van der Waals surface area (Å²) in [7, 11) is 0. The van der Waals surface area contributed by atoms with Crippen LogP contribution < -0.4 is 0 Å². The summed E-state index contributed by atoms with van der Waals surface area (Å²) in [5.41, 5.74) is 14.1. The molecular formula is C52H34N2S. The summed E-state index contributed by atoms with van der Waals surface area (Å²) >= 11 is 4.97. The number of hydrogen-bond acceptors (Lipinski definition) is 1. The minimum atomic E-state index is 0.964. The Bertz CT molecular complexity index is 3260. The molecule has 0 saturated heterocycles. The van der Waals surface area contributed by atoms with Gasteiger partial charge in [0.2, 0.25) is 0 Å². The molecule has 2 nitrogen and oxygen atoms in total. The first-order valence-corrected chi connectivity index (χ1v) is 19.2. The predicted molar refractivity (Wildman–Crippen MR) is 236 cm³/mol. The van der Waals surface area contributed by atoms with Gasteiger partial charge in [-0.15, -0.1) is 12.6 Å². The highest BCUT2D eigenvalue weighted by Gasteiger charge is 2.18. The van der Waals surface area contributed by atoms with Crippen LogP contribution in [0.1, 0.15) is 0 Å². The van der Waals surface area contributed by atoms with Crippen molar-refractivity contribution in [2.24, 2.45) is 0 Å². The van der Waals surface area contributed by atoms with Gasteiger partial charge < -0.3 is 9.13 Å². The third kappa shape index (κ3) is 5.12. The Morgan fingerprint density at radius 2 is 0.818 bits per heavy atom. The molecule has 3 heteroatoms. The van der Waals surface area contributed by atoms with Crippen LogP contribution in [0.5, 0.6) is 0 Å². The predicted octanol–water partition coefficient (Wildman–Crippen LogP) is 14.3. The number of benzene rings is 9. The summed E-state index contributed by atoms with van der Waals surface area (Å²) < 4.78 is 4.83. The molecule has 258 valence electrons. The second-order valence-corrected chi connectivity index (χ2v) is 14.8. The molecule has 0 spiro atoms. The molecule has 0 amide bonds. The Balaban J connectivity index is 1.09. The molecule has 0 saturated carbocycles. The summed E-state index contributed by atoms with van der Waals surface area (Å²) in [5.74, 6) is 0. The Kier molecular flexibility index (Phi) is 7.29. The van der Waals surface area contributed by atoms with Crippen LogP contribution in [0.4, 0.5) is 0 Å². The molecule has 0 atom stereocenters. The number of thiol groups is 1. The van der Waals surface area contributed by atoms with E-state index in [1.54, 1.807) is 0 Å². The quantitative estimate of drug-likeness (QED) is 0.170. The Morgan fingerprint density at radius 1 is 0.309 bits per heavy atom. The third-order valence-corrected chi connectivity index (χ3v) is 11.6. The largest absolute Gasteiger partial charge is 0.309 e. The molecular weight excluding hydrogens is 685 g/mol. The molecule has 55 heavy (non-hydrogen) atoms. The van der Waals surface area contributed by atoms with Crippen LogP contribution in [0.25, 0.3) is 99.1 Å². The number of para-hydroxylation sites is 3. The topological polar surface area (TPSA) is 9.86 Å². The van der Waals surface area contributed by atoms with E-state index in [2.05, 4.69) is 203 Å². The lowest BCUT2D eigenvalue weighted by Crippen LogP contribution is -1.96. The van der Waals surface area contributed by atoms with Gasteiger partial charge in [-0.05, 0) is 105 Å². The van der Waals surface area contributed by atoms with Gasteiger partial charge >= 0.3 is 0 Å². The fourth-order valence-electron chi connectivity index (χ4n) is 8.63. The minimum Gasteiger partial charge on any atom is -0.309 e. The van der Waals surface area contributed by atoms with E-state index in [0.29, 0.717) is 0 Å². The summed E-state index contributed by atoms with van der Waals surface area (Å²) in [6.45, 7) is 0. The summed E-state index contributed by atoms with van der Waals surface area (Å²) in [4.78, 5) is 0.964. The van der Waals surface area contributed by atoms with E-state index in [9.17, 15) is 0 Å². The smallest absolute Gasteiger partial charge is 0.0546 e. The molecule has 0 N–H and O–H groups in total. The van der Waals surface area contributed by atoms with Crippen molar-refractivity contribution >= 4 is 67.0 Å². The highest BCUT2D eigenvalue weighted by Crippen LogP contribution is 2.41. The molecule has 0 radical (unpaired) electrons. The van der Waals surface area contributed by atoms with E-state index in [0.717, 1.165) is 27.3 Å². The molecule has 0 aliphatic heterocycles. The van der Waals surface area contributed by atoms with Crippen LogP contribution in [-0.2, 0) is 0 Å². The first kappa shape index (κ1) is 31.7. The maximum Gasteiger partial charge on any atom is 0.0546 e. The van der Waals surface area contributed by atoms with Crippen LogP contribution in [0.15, 0.2) is 205 Å². The third-order valence-electron chi connectivity index (χ3n) is 11.2. The first-order chi connectivity index (χ1) is 27.2. The first-order valence-electron chi connectivity index (χ1n) is 18.7. The average Bonchev–Trinajstić information content (AvgIpc) is 3.76. The maximum absolute atomic E-state index is 4.97. The van der Waals surface area contributed by atoms with Gasteiger partial charge in [0.15, 0.2) is 0 Å². The van der Waals surface area contributed by atoms with E-state index < -0.39 is 0 Å². The molecule has 2 aromatic heterocycles. The lowest BCUT2D eigenvalue weighted by Gasteiger charge is -2.15. The van der Waals surface area contributed by atoms with Crippen molar-refractivity contribution in [1.29, 1.82) is 0 Å². The lowest BCUT2D eigenvalue weighted by atomic mass is 9.97. The lowest BCUT2D eigenvalue weighted by molar-refractivity contribution is 1.18. The Labute approximate surface area is 324 Å². The fraction of sp³-hybridized carbons (Fsp3) is 0. The zero-order valence-corrected chi connectivity index (χ0v) is 30.8. The fourth-order valence-corrected chi connectivity index (χ4v) is 8.98. The van der Waals surface area contributed by atoms with Gasteiger partial charge in [0.25, 0.3) is 0 Å². The molecule has 0 aliphatic carbocycles. The zero-order valence-electron chi connectivity index (χ0n) is 29.9. The number of rotatable bonds is 5. The monoisotopic (exact) mass is 718 g/mol. The number of hydrogen-bond donors (Lipinski definition) is 1. The standard InChI is InChI=1S/C52H34N2S/c55-52-33-37(23-26-42(52)34-13-3-1-4-14-34)39-29-38-15-7-8-18-41(38)51(32-39)54-48-22-12-10-20-44(48)46-31-36(25-28-50(46)54)35-24-27-49-45(30-35)43-19-9-11-21-47(43)53(49)40-16-5-2-6-17-40/h1-33,55H. The van der Waals surface area contributed by atoms with Crippen LogP contribution in [0.2, 0.25) is 0 Å². The minimum absolute atomic E-state index is 0.964.